The summed E-state index contributed by atoms with van der Waals surface area (Å²) in [6.07, 6.45) is 3.55. The first-order chi connectivity index (χ1) is 12.5. The molecular weight excluding hydrogens is 338 g/mol. The second kappa shape index (κ2) is 7.47. The highest BCUT2D eigenvalue weighted by Crippen LogP contribution is 2.32. The summed E-state index contributed by atoms with van der Waals surface area (Å²) in [5.74, 6) is 0.863. The number of nitrogens with zero attached hydrogens (tertiary/aromatic N) is 2. The van der Waals surface area contributed by atoms with Gasteiger partial charge in [0.05, 0.1) is 10.6 Å². The number of fused-ring (bicyclic) bond motifs is 1. The number of benzene rings is 2. The Kier molecular flexibility index (Phi) is 4.93. The maximum Gasteiger partial charge on any atom is 0.271 e. The van der Waals surface area contributed by atoms with E-state index < -0.39 is 10.8 Å². The normalized spacial score (nSPS) is 13.0. The summed E-state index contributed by atoms with van der Waals surface area (Å²) in [5, 5.41) is 14.7. The van der Waals surface area contributed by atoms with E-state index in [-0.39, 0.29) is 18.0 Å². The maximum atomic E-state index is 12.0. The van der Waals surface area contributed by atoms with Crippen LogP contribution in [0.5, 0.6) is 11.5 Å². The number of rotatable bonds is 5. The molecule has 0 unspecified atom stereocenters. The van der Waals surface area contributed by atoms with Gasteiger partial charge in [-0.3, -0.25) is 14.9 Å². The molecule has 1 aliphatic heterocycles. The van der Waals surface area contributed by atoms with Gasteiger partial charge in [0.15, 0.2) is 11.5 Å². The molecule has 8 heteroatoms. The number of nitrogens with one attached hydrogen (secondary N) is 1. The highest BCUT2D eigenvalue weighted by Gasteiger charge is 2.12. The molecule has 0 bridgehead atoms. The number of amides is 1. The summed E-state index contributed by atoms with van der Waals surface area (Å²) in [6, 6.07) is 11.0. The van der Waals surface area contributed by atoms with Gasteiger partial charge in [0.1, 0.15) is 0 Å². The number of carbonyl (C=O) groups excluding carboxylic acids is 1. The minimum atomic E-state index is -0.556. The largest absolute Gasteiger partial charge is 0.454 e. The van der Waals surface area contributed by atoms with Gasteiger partial charge >= 0.3 is 0 Å². The van der Waals surface area contributed by atoms with Crippen molar-refractivity contribution in [3.63, 3.8) is 0 Å². The molecule has 2 aromatic carbocycles. The SMILES string of the molecule is CC(/C=C/c1ccc2c(c1)OCO2)=N\NC(=O)c1cccc([N+](=O)[O-])c1. The first-order valence-corrected chi connectivity index (χ1v) is 7.70. The van der Waals surface area contributed by atoms with Gasteiger partial charge in [-0.1, -0.05) is 18.2 Å². The number of hydrogen-bond donors (Lipinski definition) is 1. The molecule has 0 aromatic heterocycles. The standard InChI is InChI=1S/C18H15N3O5/c1-12(5-6-13-7-8-16-17(9-13)26-11-25-16)19-20-18(22)14-3-2-4-15(10-14)21(23)24/h2-10H,11H2,1H3,(H,20,22)/b6-5+,19-12+. The summed E-state index contributed by atoms with van der Waals surface area (Å²) in [4.78, 5) is 22.2. The van der Waals surface area contributed by atoms with E-state index in [1.54, 1.807) is 13.0 Å². The molecule has 0 fully saturated rings. The van der Waals surface area contributed by atoms with Crippen molar-refractivity contribution in [1.82, 2.24) is 5.43 Å². The fourth-order valence-electron chi connectivity index (χ4n) is 2.24. The summed E-state index contributed by atoms with van der Waals surface area (Å²) < 4.78 is 10.6. The van der Waals surface area contributed by atoms with Crippen LogP contribution >= 0.6 is 0 Å². The molecule has 2 aromatic rings. The van der Waals surface area contributed by atoms with E-state index in [9.17, 15) is 14.9 Å². The van der Waals surface area contributed by atoms with Crippen LogP contribution in [0.1, 0.15) is 22.8 Å². The van der Waals surface area contributed by atoms with E-state index in [0.717, 1.165) is 5.56 Å². The fourth-order valence-corrected chi connectivity index (χ4v) is 2.24. The van der Waals surface area contributed by atoms with E-state index in [1.165, 1.54) is 24.3 Å². The lowest BCUT2D eigenvalue weighted by molar-refractivity contribution is -0.384. The van der Waals surface area contributed by atoms with Crippen molar-refractivity contribution in [3.8, 4) is 11.5 Å². The molecule has 1 amide bonds. The number of nitro groups is 1. The molecule has 0 aliphatic carbocycles. The third kappa shape index (κ3) is 4.04. The minimum absolute atomic E-state index is 0.152. The first-order valence-electron chi connectivity index (χ1n) is 7.70. The lowest BCUT2D eigenvalue weighted by Crippen LogP contribution is -2.18. The van der Waals surface area contributed by atoms with Gasteiger partial charge in [-0.2, -0.15) is 5.10 Å². The van der Waals surface area contributed by atoms with Crippen molar-refractivity contribution in [2.75, 3.05) is 6.79 Å². The number of nitro benzene ring substituents is 1. The van der Waals surface area contributed by atoms with Gasteiger partial charge in [0, 0.05) is 17.7 Å². The van der Waals surface area contributed by atoms with Gasteiger partial charge in [-0.05, 0) is 36.8 Å². The molecule has 1 aliphatic rings. The smallest absolute Gasteiger partial charge is 0.271 e. The van der Waals surface area contributed by atoms with Crippen molar-refractivity contribution in [2.24, 2.45) is 5.10 Å². The molecule has 0 radical (unpaired) electrons. The Hall–Kier alpha value is -3.68. The molecule has 1 heterocycles. The number of hydrazone groups is 1. The predicted octanol–water partition coefficient (Wildman–Crippen LogP) is 3.14. The van der Waals surface area contributed by atoms with E-state index in [1.807, 2.05) is 24.3 Å². The molecule has 0 spiro atoms. The highest BCUT2D eigenvalue weighted by molar-refractivity contribution is 5.99. The Balaban J connectivity index is 1.63. The van der Waals surface area contributed by atoms with E-state index in [2.05, 4.69) is 10.5 Å². The van der Waals surface area contributed by atoms with Crippen molar-refractivity contribution < 1.29 is 19.2 Å². The zero-order valence-corrected chi connectivity index (χ0v) is 13.8. The lowest BCUT2D eigenvalue weighted by Gasteiger charge is -2.01. The molecule has 0 atom stereocenters. The second-order valence-corrected chi connectivity index (χ2v) is 5.45. The molecular formula is C18H15N3O5. The number of carbonyl (C=O) groups is 1. The Labute approximate surface area is 148 Å². The lowest BCUT2D eigenvalue weighted by atomic mass is 10.2. The molecule has 8 nitrogen and oxygen atoms in total. The third-order valence-corrected chi connectivity index (χ3v) is 3.57. The van der Waals surface area contributed by atoms with Crippen molar-refractivity contribution >= 4 is 23.4 Å². The van der Waals surface area contributed by atoms with Crippen molar-refractivity contribution in [3.05, 3.63) is 69.8 Å². The van der Waals surface area contributed by atoms with Gasteiger partial charge in [-0.15, -0.1) is 0 Å². The molecule has 26 heavy (non-hydrogen) atoms. The summed E-state index contributed by atoms with van der Waals surface area (Å²) in [5.41, 5.74) is 3.84. The summed E-state index contributed by atoms with van der Waals surface area (Å²) in [7, 11) is 0. The Morgan fingerprint density at radius 2 is 2.04 bits per heavy atom. The monoisotopic (exact) mass is 353 g/mol. The Morgan fingerprint density at radius 3 is 2.85 bits per heavy atom. The van der Waals surface area contributed by atoms with Gasteiger partial charge < -0.3 is 9.47 Å². The number of non-ortho nitro benzene ring substituents is 1. The fraction of sp³-hybridized carbons (Fsp3) is 0.111. The molecule has 1 N–H and O–H groups in total. The quantitative estimate of drug-likeness (QED) is 0.505. The van der Waals surface area contributed by atoms with E-state index >= 15 is 0 Å². The summed E-state index contributed by atoms with van der Waals surface area (Å²) >= 11 is 0. The van der Waals surface area contributed by atoms with Crippen LogP contribution < -0.4 is 14.9 Å². The van der Waals surface area contributed by atoms with Gasteiger partial charge in [0.2, 0.25) is 6.79 Å². The third-order valence-electron chi connectivity index (χ3n) is 3.57. The van der Waals surface area contributed by atoms with Crippen LogP contribution in [0.4, 0.5) is 5.69 Å². The summed E-state index contributed by atoms with van der Waals surface area (Å²) in [6.45, 7) is 1.93. The van der Waals surface area contributed by atoms with Crippen molar-refractivity contribution in [2.45, 2.75) is 6.92 Å². The Bertz CT molecular complexity index is 921. The van der Waals surface area contributed by atoms with Crippen LogP contribution in [0.25, 0.3) is 6.08 Å². The van der Waals surface area contributed by atoms with E-state index in [4.69, 9.17) is 9.47 Å². The highest BCUT2D eigenvalue weighted by atomic mass is 16.7. The number of ether oxygens (including phenoxy) is 2. The molecule has 132 valence electrons. The van der Waals surface area contributed by atoms with Gasteiger partial charge in [-0.25, -0.2) is 5.43 Å². The van der Waals surface area contributed by atoms with Crippen LogP contribution in [0.15, 0.2) is 53.6 Å². The van der Waals surface area contributed by atoms with E-state index in [0.29, 0.717) is 17.2 Å². The van der Waals surface area contributed by atoms with Crippen LogP contribution in [0, 0.1) is 10.1 Å². The molecule has 0 saturated heterocycles. The topological polar surface area (TPSA) is 103 Å². The van der Waals surface area contributed by atoms with Gasteiger partial charge in [0.25, 0.3) is 11.6 Å². The zero-order valence-electron chi connectivity index (χ0n) is 13.8. The number of hydrogen-bond acceptors (Lipinski definition) is 6. The molecule has 0 saturated carbocycles. The average molecular weight is 353 g/mol. The van der Waals surface area contributed by atoms with Crippen LogP contribution in [-0.4, -0.2) is 23.3 Å². The Morgan fingerprint density at radius 1 is 1.23 bits per heavy atom. The maximum absolute atomic E-state index is 12.0. The minimum Gasteiger partial charge on any atom is -0.454 e. The molecule has 3 rings (SSSR count). The van der Waals surface area contributed by atoms with Crippen LogP contribution in [0.2, 0.25) is 0 Å². The number of allylic oxidation sites excluding steroid dienone is 1. The predicted molar refractivity (Wildman–Crippen MR) is 95.3 cm³/mol. The second-order valence-electron chi connectivity index (χ2n) is 5.45. The average Bonchev–Trinajstić information content (AvgIpc) is 3.12. The van der Waals surface area contributed by atoms with Crippen molar-refractivity contribution in [1.29, 1.82) is 0 Å². The first kappa shape index (κ1) is 17.2. The van der Waals surface area contributed by atoms with Crippen LogP contribution in [-0.2, 0) is 0 Å². The van der Waals surface area contributed by atoms with Crippen LogP contribution in [0.3, 0.4) is 0 Å². The zero-order chi connectivity index (χ0) is 18.5.